The van der Waals surface area contributed by atoms with E-state index in [1.165, 1.54) is 58.2 Å². The maximum Gasteiger partial charge on any atom is 0.332 e. The molecule has 2 fully saturated rings. The number of esters is 2. The predicted molar refractivity (Wildman–Crippen MR) is 260 cm³/mol. The number of aliphatic hydroxyl groups is 2. The minimum atomic E-state index is -1.94. The molecule has 7 amide bonds. The normalized spacial score (nSPS) is 29.3. The smallest absolute Gasteiger partial charge is 0.332 e. The van der Waals surface area contributed by atoms with Gasteiger partial charge in [-0.2, -0.15) is 0 Å². The van der Waals surface area contributed by atoms with Crippen LogP contribution in [0.25, 0.3) is 0 Å². The van der Waals surface area contributed by atoms with Gasteiger partial charge in [-0.3, -0.25) is 38.4 Å². The summed E-state index contributed by atoms with van der Waals surface area (Å²) in [5, 5.41) is 37.1. The van der Waals surface area contributed by atoms with Crippen LogP contribution in [0, 0.1) is 17.8 Å². The van der Waals surface area contributed by atoms with E-state index in [0.29, 0.717) is 17.7 Å². The molecular weight excluding hydrogens is 951 g/mol. The topological polar surface area (TPSA) is 310 Å². The zero-order valence-electron chi connectivity index (χ0n) is 42.5. The second kappa shape index (κ2) is 25.2. The summed E-state index contributed by atoms with van der Waals surface area (Å²) in [5.41, 5.74) is -0.249. The van der Waals surface area contributed by atoms with Crippen molar-refractivity contribution in [1.82, 2.24) is 36.8 Å². The first-order valence-corrected chi connectivity index (χ1v) is 24.4. The number of ether oxygens (including phenoxy) is 4. The number of epoxide rings is 1. The number of hydrogen-bond donors (Lipinski definition) is 8. The molecule has 0 radical (unpaired) electrons. The van der Waals surface area contributed by atoms with Crippen LogP contribution in [0.2, 0.25) is 0 Å². The summed E-state index contributed by atoms with van der Waals surface area (Å²) in [6, 6.07) is 4.69. The fourth-order valence-electron chi connectivity index (χ4n) is 8.15. The molecule has 8 N–H and O–H groups in total. The van der Waals surface area contributed by atoms with Gasteiger partial charge in [0.15, 0.2) is 6.04 Å². The Morgan fingerprint density at radius 2 is 1.45 bits per heavy atom. The molecule has 4 bridgehead atoms. The molecule has 4 aliphatic heterocycles. The van der Waals surface area contributed by atoms with Crippen LogP contribution in [0.1, 0.15) is 79.0 Å². The van der Waals surface area contributed by atoms with Crippen LogP contribution < -0.4 is 36.6 Å². The van der Waals surface area contributed by atoms with Gasteiger partial charge >= 0.3 is 11.9 Å². The first-order valence-electron chi connectivity index (χ1n) is 24.4. The highest BCUT2D eigenvalue weighted by molar-refractivity contribution is 5.98. The number of carbonyl (C=O) groups is 9. The van der Waals surface area contributed by atoms with Gasteiger partial charge < -0.3 is 66.0 Å². The molecule has 22 nitrogen and oxygen atoms in total. The third kappa shape index (κ3) is 14.8. The van der Waals surface area contributed by atoms with Gasteiger partial charge in [0.1, 0.15) is 66.9 Å². The number of nitrogens with zero attached hydrogens (tertiary/aromatic N) is 1. The summed E-state index contributed by atoms with van der Waals surface area (Å²) in [6.45, 7) is 10.8. The third-order valence-corrected chi connectivity index (χ3v) is 13.4. The molecule has 2 saturated heterocycles. The number of fused-ring (bicyclic) bond motifs is 9. The van der Waals surface area contributed by atoms with Crippen LogP contribution in [0.5, 0.6) is 5.75 Å². The van der Waals surface area contributed by atoms with E-state index >= 15 is 4.79 Å². The molecule has 2 aromatic rings. The van der Waals surface area contributed by atoms with Gasteiger partial charge in [0.2, 0.25) is 41.4 Å². The lowest BCUT2D eigenvalue weighted by Crippen LogP contribution is -2.61. The second-order valence-corrected chi connectivity index (χ2v) is 19.2. The minimum absolute atomic E-state index is 0.141. The number of benzene rings is 2. The van der Waals surface area contributed by atoms with Crippen molar-refractivity contribution in [3.8, 4) is 5.75 Å². The minimum Gasteiger partial charge on any atom is -0.487 e. The van der Waals surface area contributed by atoms with E-state index in [1.807, 2.05) is 0 Å². The van der Waals surface area contributed by atoms with Crippen molar-refractivity contribution in [2.24, 2.45) is 17.8 Å². The summed E-state index contributed by atoms with van der Waals surface area (Å²) in [7, 11) is 1.32. The van der Waals surface area contributed by atoms with Crippen molar-refractivity contribution in [2.45, 2.75) is 134 Å². The highest BCUT2D eigenvalue weighted by Crippen LogP contribution is 2.35. The lowest BCUT2D eigenvalue weighted by molar-refractivity contribution is -0.160. The molecule has 4 heterocycles. The van der Waals surface area contributed by atoms with E-state index in [0.717, 1.165) is 11.0 Å². The van der Waals surface area contributed by atoms with Crippen LogP contribution in [-0.4, -0.2) is 155 Å². The Bertz CT molecular complexity index is 2360. The number of carbonyl (C=O) groups excluding carboxylic acids is 9. The van der Waals surface area contributed by atoms with Crippen molar-refractivity contribution in [1.29, 1.82) is 0 Å². The van der Waals surface area contributed by atoms with Gasteiger partial charge in [-0.25, -0.2) is 4.79 Å². The fourth-order valence-corrected chi connectivity index (χ4v) is 8.15. The predicted octanol–water partition coefficient (Wildman–Crippen LogP) is -0.356. The molecule has 0 saturated carbocycles. The first kappa shape index (κ1) is 57.0. The number of likely N-dealkylation sites (N-methyl/N-ethyl adjacent to an activating group) is 1. The number of rotatable bonds is 9. The fraction of sp³-hybridized carbons (Fsp3) is 0.549. The number of aliphatic hydroxyl groups excluding tert-OH is 2. The Morgan fingerprint density at radius 3 is 2.05 bits per heavy atom. The summed E-state index contributed by atoms with van der Waals surface area (Å²) in [6.07, 6.45) is -2.39. The van der Waals surface area contributed by atoms with E-state index in [2.05, 4.69) is 31.9 Å². The van der Waals surface area contributed by atoms with E-state index in [-0.39, 0.29) is 18.6 Å². The Labute approximate surface area is 424 Å². The highest BCUT2D eigenvalue weighted by Gasteiger charge is 2.49. The number of amides is 7. The monoisotopic (exact) mass is 1020 g/mol. The second-order valence-electron chi connectivity index (χ2n) is 19.2. The summed E-state index contributed by atoms with van der Waals surface area (Å²) in [5.74, 6) is -10.7. The average Bonchev–Trinajstić information content (AvgIpc) is 4.17. The largest absolute Gasteiger partial charge is 0.487 e. The van der Waals surface area contributed by atoms with Gasteiger partial charge in [-0.05, 0) is 61.9 Å². The maximum atomic E-state index is 15.2. The molecule has 0 aromatic heterocycles. The SMILES string of the molecule is CC[C@H](C)C1NC(=O)[C@@H](NC(=O)[C@H](C)[C@H](O)C(C)C)[C@@H](C)OC(=O)C2COC(=O)CNC(=O)/C=C/[C@]3(CO3)[C@@H](C)Oc3ccc(cc3)C(NC1=O)C(=O)N(C)[C@@H](Cc1ccccc1)C(=O)NC([C@@H](C)O)C(=O)N2. The Kier molecular flexibility index (Phi) is 19.6. The van der Waals surface area contributed by atoms with Gasteiger partial charge in [0, 0.05) is 19.5 Å². The summed E-state index contributed by atoms with van der Waals surface area (Å²) in [4.78, 5) is 129. The van der Waals surface area contributed by atoms with Gasteiger partial charge in [-0.15, -0.1) is 0 Å². The number of nitrogens with one attached hydrogen (secondary N) is 6. The molecule has 13 atom stereocenters. The summed E-state index contributed by atoms with van der Waals surface area (Å²) < 4.78 is 23.0. The van der Waals surface area contributed by atoms with Gasteiger partial charge in [0.25, 0.3) is 0 Å². The Morgan fingerprint density at radius 1 is 0.822 bits per heavy atom. The van der Waals surface area contributed by atoms with Crippen molar-refractivity contribution in [3.63, 3.8) is 0 Å². The molecule has 2 aromatic carbocycles. The third-order valence-electron chi connectivity index (χ3n) is 13.4. The molecule has 22 heteroatoms. The Hall–Kier alpha value is -6.91. The summed E-state index contributed by atoms with van der Waals surface area (Å²) >= 11 is 0. The highest BCUT2D eigenvalue weighted by atomic mass is 16.6. The zero-order valence-corrected chi connectivity index (χ0v) is 42.5. The van der Waals surface area contributed by atoms with E-state index in [4.69, 9.17) is 18.9 Å². The molecule has 1 spiro atoms. The van der Waals surface area contributed by atoms with E-state index in [9.17, 15) is 48.6 Å². The maximum absolute atomic E-state index is 15.2. The molecule has 6 rings (SSSR count). The van der Waals surface area contributed by atoms with E-state index < -0.39 is 150 Å². The van der Waals surface area contributed by atoms with Crippen LogP contribution >= 0.6 is 0 Å². The van der Waals surface area contributed by atoms with Crippen molar-refractivity contribution < 1.29 is 72.3 Å². The molecular formula is C51H69N7O15. The van der Waals surface area contributed by atoms with Crippen molar-refractivity contribution in [3.05, 3.63) is 77.9 Å². The standard InChI is InChI=1S/C51H69N7O15/c1-10-27(4)39-46(65)57-42-33-16-18-34(19-17-33)73-31(8)51(25-71-51)21-20-37(60)52-23-38(61)70-24-35(50(69)72-30(7)41(48(67)54-39)56-44(63)28(5)43(62)26(2)3)53-47(66)40(29(6)59)55-45(64)36(58(9)49(42)68)22-32-14-12-11-13-15-32/h11-21,26-31,35-36,39-43,59,62H,10,22-25H2,1-9H3,(H,52,60)(H,53,66)(H,54,67)(H,55,64)(H,56,63)(H,57,65)/b21-20+/t27-,28+,29+,30+,31+,35?,36-,39?,40?,41-,42?,43+,51-/m0/s1. The number of hydrogen-bond acceptors (Lipinski definition) is 15. The van der Waals surface area contributed by atoms with Crippen LogP contribution in [0.15, 0.2) is 66.7 Å². The quantitative estimate of drug-likeness (QED) is 0.118. The molecule has 73 heavy (non-hydrogen) atoms. The van der Waals surface area contributed by atoms with Crippen LogP contribution in [-0.2, 0) is 63.8 Å². The van der Waals surface area contributed by atoms with Crippen molar-refractivity contribution in [2.75, 3.05) is 26.8 Å². The van der Waals surface area contributed by atoms with E-state index in [1.54, 1.807) is 65.0 Å². The first-order chi connectivity index (χ1) is 34.5. The Balaban J connectivity index is 1.72. The van der Waals surface area contributed by atoms with Crippen molar-refractivity contribution >= 4 is 53.3 Å². The molecule has 4 aliphatic rings. The molecule has 4 unspecified atom stereocenters. The molecule has 0 aliphatic carbocycles. The lowest BCUT2D eigenvalue weighted by Gasteiger charge is -2.34. The molecule has 398 valence electrons. The van der Waals surface area contributed by atoms with Gasteiger partial charge in [0.05, 0.1) is 24.7 Å². The van der Waals surface area contributed by atoms with Gasteiger partial charge in [-0.1, -0.05) is 83.5 Å². The zero-order chi connectivity index (χ0) is 53.9. The van der Waals surface area contributed by atoms with Crippen LogP contribution in [0.4, 0.5) is 0 Å². The van der Waals surface area contributed by atoms with Crippen LogP contribution in [0.3, 0.4) is 0 Å². The average molecular weight is 1020 g/mol. The lowest BCUT2D eigenvalue weighted by atomic mass is 9.93. The number of cyclic esters (lactones) is 1.